The fourth-order valence-corrected chi connectivity index (χ4v) is 4.94. The van der Waals surface area contributed by atoms with Crippen LogP contribution in [0.2, 0.25) is 5.02 Å². The molecule has 0 radical (unpaired) electrons. The third-order valence-corrected chi connectivity index (χ3v) is 7.06. The Morgan fingerprint density at radius 2 is 1.82 bits per heavy atom. The van der Waals surface area contributed by atoms with Crippen molar-refractivity contribution in [1.29, 1.82) is 0 Å². The van der Waals surface area contributed by atoms with Gasteiger partial charge in [-0.15, -0.1) is 0 Å². The molecule has 2 aromatic heterocycles. The van der Waals surface area contributed by atoms with Crippen molar-refractivity contribution in [2.75, 3.05) is 0 Å². The lowest BCUT2D eigenvalue weighted by Gasteiger charge is -2.27. The molecule has 1 aliphatic rings. The van der Waals surface area contributed by atoms with E-state index in [0.29, 0.717) is 29.3 Å². The fourth-order valence-electron chi connectivity index (χ4n) is 3.72. The minimum absolute atomic E-state index is 0.0848. The first-order chi connectivity index (χ1) is 15.6. The summed E-state index contributed by atoms with van der Waals surface area (Å²) in [5.41, 5.74) is 1.42. The molecule has 4 rings (SSSR count). The number of fused-ring (bicyclic) bond motifs is 1. The van der Waals surface area contributed by atoms with E-state index in [0.717, 1.165) is 24.4 Å². The molecule has 1 aromatic carbocycles. The maximum Gasteiger partial charge on any atom is 0.297 e. The van der Waals surface area contributed by atoms with Crippen LogP contribution in [-0.2, 0) is 14.8 Å². The highest BCUT2D eigenvalue weighted by Crippen LogP contribution is 2.34. The van der Waals surface area contributed by atoms with Crippen molar-refractivity contribution in [1.82, 2.24) is 15.0 Å². The second-order valence-corrected chi connectivity index (χ2v) is 10.5. The number of sulfonamides is 1. The molecule has 3 aromatic rings. The van der Waals surface area contributed by atoms with Crippen LogP contribution in [0.3, 0.4) is 0 Å². The van der Waals surface area contributed by atoms with Crippen LogP contribution in [0.1, 0.15) is 61.9 Å². The molecule has 0 saturated heterocycles. The summed E-state index contributed by atoms with van der Waals surface area (Å²) in [7, 11) is -4.17. The SMILES string of the molecule is CC(C)C(=O)NS(=O)(=O)c1ccc(C(=O)NC2CCC(c3nc4cc(Cl)ccc4o3)CC2)o1. The first-order valence-corrected chi connectivity index (χ1v) is 12.5. The van der Waals surface area contributed by atoms with E-state index in [-0.39, 0.29) is 17.7 Å². The Labute approximate surface area is 195 Å². The predicted octanol–water partition coefficient (Wildman–Crippen LogP) is 3.99. The number of furan rings is 1. The van der Waals surface area contributed by atoms with Gasteiger partial charge in [0, 0.05) is 22.9 Å². The third kappa shape index (κ3) is 5.22. The number of aromatic nitrogens is 1. The van der Waals surface area contributed by atoms with E-state index in [1.54, 1.807) is 32.0 Å². The molecule has 1 saturated carbocycles. The molecule has 1 aliphatic carbocycles. The van der Waals surface area contributed by atoms with Crippen LogP contribution in [0.4, 0.5) is 0 Å². The highest BCUT2D eigenvalue weighted by molar-refractivity contribution is 7.89. The van der Waals surface area contributed by atoms with Gasteiger partial charge >= 0.3 is 0 Å². The maximum atomic E-state index is 12.6. The van der Waals surface area contributed by atoms with Crippen LogP contribution in [-0.4, -0.2) is 31.3 Å². The minimum Gasteiger partial charge on any atom is -0.440 e. The number of benzene rings is 1. The van der Waals surface area contributed by atoms with Crippen molar-refractivity contribution in [2.45, 2.75) is 56.6 Å². The zero-order chi connectivity index (χ0) is 23.8. The Kier molecular flexibility index (Phi) is 6.49. The predicted molar refractivity (Wildman–Crippen MR) is 120 cm³/mol. The van der Waals surface area contributed by atoms with Crippen LogP contribution in [0, 0.1) is 5.92 Å². The summed E-state index contributed by atoms with van der Waals surface area (Å²) in [6, 6.07) is 7.67. The highest BCUT2D eigenvalue weighted by Gasteiger charge is 2.29. The quantitative estimate of drug-likeness (QED) is 0.530. The van der Waals surface area contributed by atoms with Gasteiger partial charge in [-0.2, -0.15) is 8.42 Å². The highest BCUT2D eigenvalue weighted by atomic mass is 35.5. The number of carbonyl (C=O) groups excluding carboxylic acids is 2. The van der Waals surface area contributed by atoms with E-state index in [1.807, 2.05) is 4.72 Å². The molecule has 1 fully saturated rings. The molecular weight excluding hydrogens is 470 g/mol. The second kappa shape index (κ2) is 9.18. The van der Waals surface area contributed by atoms with E-state index in [4.69, 9.17) is 20.4 Å². The van der Waals surface area contributed by atoms with E-state index < -0.39 is 32.8 Å². The van der Waals surface area contributed by atoms with Crippen molar-refractivity contribution in [3.63, 3.8) is 0 Å². The molecular formula is C22H24ClN3O6S. The topological polar surface area (TPSA) is 132 Å². The van der Waals surface area contributed by atoms with Gasteiger partial charge in [0.2, 0.25) is 11.0 Å². The molecule has 0 bridgehead atoms. The van der Waals surface area contributed by atoms with Crippen molar-refractivity contribution in [3.05, 3.63) is 47.0 Å². The van der Waals surface area contributed by atoms with Crippen molar-refractivity contribution < 1.29 is 26.8 Å². The Morgan fingerprint density at radius 1 is 1.09 bits per heavy atom. The zero-order valence-electron chi connectivity index (χ0n) is 18.1. The van der Waals surface area contributed by atoms with Gasteiger partial charge in [-0.05, 0) is 56.0 Å². The van der Waals surface area contributed by atoms with Gasteiger partial charge in [-0.25, -0.2) is 9.71 Å². The summed E-state index contributed by atoms with van der Waals surface area (Å²) in [6.45, 7) is 3.14. The van der Waals surface area contributed by atoms with E-state index in [1.165, 1.54) is 6.07 Å². The van der Waals surface area contributed by atoms with Gasteiger partial charge in [-0.1, -0.05) is 25.4 Å². The summed E-state index contributed by atoms with van der Waals surface area (Å²) in [6.07, 6.45) is 2.99. The van der Waals surface area contributed by atoms with Crippen LogP contribution < -0.4 is 10.0 Å². The average Bonchev–Trinajstić information content (AvgIpc) is 3.41. The molecule has 0 spiro atoms. The Morgan fingerprint density at radius 3 is 2.52 bits per heavy atom. The number of halogens is 1. The van der Waals surface area contributed by atoms with Crippen molar-refractivity contribution >= 4 is 44.5 Å². The lowest BCUT2D eigenvalue weighted by atomic mass is 9.86. The lowest BCUT2D eigenvalue weighted by Crippen LogP contribution is -2.37. The number of rotatable bonds is 6. The number of oxazole rings is 1. The summed E-state index contributed by atoms with van der Waals surface area (Å²) >= 11 is 6.01. The van der Waals surface area contributed by atoms with Crippen LogP contribution >= 0.6 is 11.6 Å². The van der Waals surface area contributed by atoms with E-state index in [2.05, 4.69) is 10.3 Å². The number of carbonyl (C=O) groups is 2. The molecule has 33 heavy (non-hydrogen) atoms. The Bertz CT molecular complexity index is 1290. The molecule has 9 nitrogen and oxygen atoms in total. The van der Waals surface area contributed by atoms with Crippen molar-refractivity contribution in [2.24, 2.45) is 5.92 Å². The molecule has 2 amide bonds. The molecule has 0 atom stereocenters. The third-order valence-electron chi connectivity index (χ3n) is 5.61. The number of nitrogens with one attached hydrogen (secondary N) is 2. The fraction of sp³-hybridized carbons (Fsp3) is 0.409. The summed E-state index contributed by atoms with van der Waals surface area (Å²) in [5.74, 6) is -0.996. The van der Waals surface area contributed by atoms with E-state index in [9.17, 15) is 18.0 Å². The minimum atomic E-state index is -4.17. The lowest BCUT2D eigenvalue weighted by molar-refractivity contribution is -0.122. The van der Waals surface area contributed by atoms with E-state index >= 15 is 0 Å². The number of nitrogens with zero attached hydrogens (tertiary/aromatic N) is 1. The Balaban J connectivity index is 1.34. The Hall–Kier alpha value is -2.85. The van der Waals surface area contributed by atoms with Gasteiger partial charge in [0.05, 0.1) is 0 Å². The number of hydrogen-bond donors (Lipinski definition) is 2. The molecule has 2 N–H and O–H groups in total. The van der Waals surface area contributed by atoms with Crippen LogP contribution in [0.5, 0.6) is 0 Å². The number of amides is 2. The van der Waals surface area contributed by atoms with Gasteiger partial charge in [0.1, 0.15) is 5.52 Å². The molecule has 176 valence electrons. The average molecular weight is 494 g/mol. The monoisotopic (exact) mass is 493 g/mol. The smallest absolute Gasteiger partial charge is 0.297 e. The normalized spacial score (nSPS) is 19.0. The zero-order valence-corrected chi connectivity index (χ0v) is 19.7. The maximum absolute atomic E-state index is 12.6. The molecule has 2 heterocycles. The van der Waals surface area contributed by atoms with Crippen molar-refractivity contribution in [3.8, 4) is 0 Å². The van der Waals surface area contributed by atoms with Gasteiger partial charge in [-0.3, -0.25) is 9.59 Å². The first kappa shape index (κ1) is 23.3. The summed E-state index contributed by atoms with van der Waals surface area (Å²) in [5, 5.41) is 3.00. The van der Waals surface area contributed by atoms with Crippen LogP contribution in [0.15, 0.2) is 44.3 Å². The first-order valence-electron chi connectivity index (χ1n) is 10.7. The largest absolute Gasteiger partial charge is 0.440 e. The second-order valence-electron chi connectivity index (χ2n) is 8.43. The molecule has 0 unspecified atom stereocenters. The number of hydrogen-bond acceptors (Lipinski definition) is 7. The van der Waals surface area contributed by atoms with Crippen LogP contribution in [0.25, 0.3) is 11.1 Å². The van der Waals surface area contributed by atoms with Gasteiger partial charge < -0.3 is 14.2 Å². The standard InChI is InChI=1S/C22H24ClN3O6S/c1-12(2)20(27)26-33(29,30)19-10-9-18(31-19)21(28)24-15-6-3-13(4-7-15)22-25-16-11-14(23)5-8-17(16)32-22/h5,8-13,15H,3-4,6-7H2,1-2H3,(H,24,28)(H,26,27). The van der Waals surface area contributed by atoms with Gasteiger partial charge in [0.25, 0.3) is 15.9 Å². The van der Waals surface area contributed by atoms with Gasteiger partial charge in [0.15, 0.2) is 17.2 Å². The summed E-state index contributed by atoms with van der Waals surface area (Å²) in [4.78, 5) is 28.8. The molecule has 0 aliphatic heterocycles. The molecule has 11 heteroatoms. The summed E-state index contributed by atoms with van der Waals surface area (Å²) < 4.78 is 37.5.